The van der Waals surface area contributed by atoms with E-state index in [1.54, 1.807) is 0 Å². The maximum absolute atomic E-state index is 5.77. The fourth-order valence-corrected chi connectivity index (χ4v) is 2.24. The largest absolute Gasteiger partial charge is 0.494 e. The molecule has 1 aromatic carbocycles. The summed E-state index contributed by atoms with van der Waals surface area (Å²) >= 11 is 0. The molecule has 0 fully saturated rings. The quantitative estimate of drug-likeness (QED) is 0.683. The van der Waals surface area contributed by atoms with E-state index in [9.17, 15) is 0 Å². The summed E-state index contributed by atoms with van der Waals surface area (Å²) in [6.07, 6.45) is 7.31. The van der Waals surface area contributed by atoms with E-state index >= 15 is 0 Å². The summed E-state index contributed by atoms with van der Waals surface area (Å²) in [4.78, 5) is 0. The van der Waals surface area contributed by atoms with Gasteiger partial charge in [0.25, 0.3) is 0 Å². The van der Waals surface area contributed by atoms with Crippen molar-refractivity contribution in [1.82, 2.24) is 0 Å². The van der Waals surface area contributed by atoms with Gasteiger partial charge in [-0.3, -0.25) is 0 Å². The molecule has 1 aromatic rings. The molecule has 1 heteroatoms. The summed E-state index contributed by atoms with van der Waals surface area (Å²) in [5.74, 6) is 4.16. The van der Waals surface area contributed by atoms with Crippen molar-refractivity contribution in [3.05, 3.63) is 29.3 Å². The van der Waals surface area contributed by atoms with Gasteiger partial charge < -0.3 is 4.74 Å². The van der Waals surface area contributed by atoms with Crippen LogP contribution in [0.2, 0.25) is 0 Å². The number of hydrogen-bond donors (Lipinski definition) is 0. The van der Waals surface area contributed by atoms with Gasteiger partial charge in [0.1, 0.15) is 5.75 Å². The molecule has 0 saturated heterocycles. The Morgan fingerprint density at radius 3 is 2.42 bits per heavy atom. The van der Waals surface area contributed by atoms with E-state index < -0.39 is 0 Å². The first kappa shape index (κ1) is 15.6. The van der Waals surface area contributed by atoms with Crippen LogP contribution in [0.15, 0.2) is 18.2 Å². The highest BCUT2D eigenvalue weighted by Gasteiger charge is 2.19. The minimum atomic E-state index is 0.147. The number of hydrogen-bond acceptors (Lipinski definition) is 1. The predicted octanol–water partition coefficient (Wildman–Crippen LogP) is 4.90. The Hall–Kier alpha value is -1.42. The second-order valence-electron chi connectivity index (χ2n) is 5.95. The molecular formula is C18H26O. The van der Waals surface area contributed by atoms with Crippen LogP contribution in [0.4, 0.5) is 0 Å². The van der Waals surface area contributed by atoms with Crippen LogP contribution in [0.1, 0.15) is 64.5 Å². The number of benzene rings is 1. The lowest BCUT2D eigenvalue weighted by Gasteiger charge is -2.24. The number of ether oxygens (including phenoxy) is 1. The Morgan fingerprint density at radius 2 is 1.95 bits per heavy atom. The molecule has 0 aliphatic carbocycles. The normalized spacial score (nSPS) is 12.8. The fourth-order valence-electron chi connectivity index (χ4n) is 2.24. The van der Waals surface area contributed by atoms with Crippen LogP contribution in [0.25, 0.3) is 0 Å². The minimum absolute atomic E-state index is 0.147. The van der Waals surface area contributed by atoms with Crippen molar-refractivity contribution >= 4 is 0 Å². The Morgan fingerprint density at radius 1 is 1.26 bits per heavy atom. The molecule has 1 nitrogen and oxygen atoms in total. The van der Waals surface area contributed by atoms with Crippen LogP contribution in [0.5, 0.6) is 5.75 Å². The van der Waals surface area contributed by atoms with Gasteiger partial charge in [-0.15, -0.1) is 12.3 Å². The molecule has 1 rings (SSSR count). The third kappa shape index (κ3) is 4.03. The topological polar surface area (TPSA) is 9.23 Å². The molecule has 1 unspecified atom stereocenters. The van der Waals surface area contributed by atoms with E-state index in [4.69, 9.17) is 11.2 Å². The molecule has 0 bridgehead atoms. The average molecular weight is 258 g/mol. The van der Waals surface area contributed by atoms with Crippen molar-refractivity contribution in [2.24, 2.45) is 0 Å². The van der Waals surface area contributed by atoms with Crippen LogP contribution in [0, 0.1) is 12.3 Å². The molecule has 0 N–H and O–H groups in total. The number of terminal acetylenes is 1. The maximum atomic E-state index is 5.77. The third-order valence-electron chi connectivity index (χ3n) is 3.47. The molecule has 0 radical (unpaired) electrons. The van der Waals surface area contributed by atoms with Crippen LogP contribution in [0.3, 0.4) is 0 Å². The minimum Gasteiger partial charge on any atom is -0.494 e. The first-order valence-electron chi connectivity index (χ1n) is 7.14. The van der Waals surface area contributed by atoms with Crippen molar-refractivity contribution in [3.63, 3.8) is 0 Å². The smallest absolute Gasteiger partial charge is 0.122 e. The summed E-state index contributed by atoms with van der Waals surface area (Å²) in [5.41, 5.74) is 2.74. The fraction of sp³-hybridized carbons (Fsp3) is 0.556. The van der Waals surface area contributed by atoms with Gasteiger partial charge in [-0.2, -0.15) is 0 Å². The highest BCUT2D eigenvalue weighted by Crippen LogP contribution is 2.35. The van der Waals surface area contributed by atoms with Crippen molar-refractivity contribution < 1.29 is 4.74 Å². The molecule has 0 aromatic heterocycles. The Balaban J connectivity index is 3.26. The van der Waals surface area contributed by atoms with Gasteiger partial charge in [0.05, 0.1) is 6.61 Å². The molecule has 0 aliphatic rings. The van der Waals surface area contributed by atoms with Gasteiger partial charge in [0.15, 0.2) is 0 Å². The average Bonchev–Trinajstić information content (AvgIpc) is 2.36. The third-order valence-corrected chi connectivity index (χ3v) is 3.47. The predicted molar refractivity (Wildman–Crippen MR) is 82.8 cm³/mol. The molecule has 104 valence electrons. The Bertz CT molecular complexity index is 446. The van der Waals surface area contributed by atoms with Crippen LogP contribution in [-0.2, 0) is 5.41 Å². The highest BCUT2D eigenvalue weighted by atomic mass is 16.5. The van der Waals surface area contributed by atoms with Gasteiger partial charge in [-0.1, -0.05) is 39.8 Å². The summed E-state index contributed by atoms with van der Waals surface area (Å²) < 4.78 is 5.77. The monoisotopic (exact) mass is 258 g/mol. The zero-order chi connectivity index (χ0) is 14.5. The lowest BCUT2D eigenvalue weighted by Crippen LogP contribution is -2.13. The summed E-state index contributed by atoms with van der Waals surface area (Å²) in [6, 6.07) is 6.53. The first-order valence-corrected chi connectivity index (χ1v) is 7.14. The van der Waals surface area contributed by atoms with E-state index in [2.05, 4.69) is 51.8 Å². The van der Waals surface area contributed by atoms with Gasteiger partial charge >= 0.3 is 0 Å². The standard InChI is InChI=1S/C18H26O/c1-7-10-14(8-2)16-13-15(18(4,5)6)11-12-17(16)19-9-3/h1,11-14H,8-10H2,2-6H3. The summed E-state index contributed by atoms with van der Waals surface area (Å²) in [6.45, 7) is 11.6. The Labute approximate surface area is 118 Å². The van der Waals surface area contributed by atoms with Crippen molar-refractivity contribution in [1.29, 1.82) is 0 Å². The van der Waals surface area contributed by atoms with Crippen molar-refractivity contribution in [3.8, 4) is 18.1 Å². The highest BCUT2D eigenvalue weighted by molar-refractivity contribution is 5.42. The van der Waals surface area contributed by atoms with Gasteiger partial charge in [-0.05, 0) is 41.9 Å². The van der Waals surface area contributed by atoms with Crippen LogP contribution in [-0.4, -0.2) is 6.61 Å². The lowest BCUT2D eigenvalue weighted by atomic mass is 9.83. The van der Waals surface area contributed by atoms with E-state index in [-0.39, 0.29) is 5.41 Å². The molecule has 19 heavy (non-hydrogen) atoms. The van der Waals surface area contributed by atoms with Crippen LogP contribution >= 0.6 is 0 Å². The first-order chi connectivity index (χ1) is 8.93. The van der Waals surface area contributed by atoms with Gasteiger partial charge in [0.2, 0.25) is 0 Å². The SMILES string of the molecule is C#CCC(CC)c1cc(C(C)(C)C)ccc1OCC. The second-order valence-corrected chi connectivity index (χ2v) is 5.95. The zero-order valence-corrected chi connectivity index (χ0v) is 12.9. The molecular weight excluding hydrogens is 232 g/mol. The van der Waals surface area contributed by atoms with Crippen LogP contribution < -0.4 is 4.74 Å². The summed E-state index contributed by atoms with van der Waals surface area (Å²) in [5, 5.41) is 0. The van der Waals surface area contributed by atoms with Gasteiger partial charge in [-0.25, -0.2) is 0 Å². The summed E-state index contributed by atoms with van der Waals surface area (Å²) in [7, 11) is 0. The van der Waals surface area contributed by atoms with E-state index in [1.807, 2.05) is 6.92 Å². The zero-order valence-electron chi connectivity index (χ0n) is 12.9. The van der Waals surface area contributed by atoms with E-state index in [0.717, 1.165) is 18.6 Å². The lowest BCUT2D eigenvalue weighted by molar-refractivity contribution is 0.333. The molecule has 0 aliphatic heterocycles. The molecule has 0 spiro atoms. The van der Waals surface area contributed by atoms with E-state index in [1.165, 1.54) is 11.1 Å². The van der Waals surface area contributed by atoms with Crippen molar-refractivity contribution in [2.45, 2.75) is 58.8 Å². The Kier molecular flexibility index (Phi) is 5.48. The molecule has 0 saturated carbocycles. The molecule has 0 amide bonds. The van der Waals surface area contributed by atoms with E-state index in [0.29, 0.717) is 12.5 Å². The number of rotatable bonds is 5. The maximum Gasteiger partial charge on any atom is 0.122 e. The van der Waals surface area contributed by atoms with Gasteiger partial charge in [0, 0.05) is 6.42 Å². The second kappa shape index (κ2) is 6.66. The molecule has 1 atom stereocenters. The molecule has 0 heterocycles. The van der Waals surface area contributed by atoms with Crippen molar-refractivity contribution in [2.75, 3.05) is 6.61 Å².